The smallest absolute Gasteiger partial charge is 0.345 e. The van der Waals surface area contributed by atoms with E-state index in [0.717, 1.165) is 5.69 Å². The lowest BCUT2D eigenvalue weighted by molar-refractivity contribution is 0.236. The second-order valence-electron chi connectivity index (χ2n) is 4.06. The summed E-state index contributed by atoms with van der Waals surface area (Å²) >= 11 is 0. The average Bonchev–Trinajstić information content (AvgIpc) is 2.81. The van der Waals surface area contributed by atoms with E-state index in [1.807, 2.05) is 6.92 Å². The number of hydrogen-bond donors (Lipinski definition) is 3. The van der Waals surface area contributed by atoms with Crippen molar-refractivity contribution in [2.24, 2.45) is 5.92 Å². The van der Waals surface area contributed by atoms with Crippen LogP contribution in [0.25, 0.3) is 11.4 Å². The van der Waals surface area contributed by atoms with Gasteiger partial charge in [-0.25, -0.2) is 4.79 Å². The highest BCUT2D eigenvalue weighted by Gasteiger charge is 2.07. The monoisotopic (exact) mass is 234 g/mol. The van der Waals surface area contributed by atoms with E-state index in [1.165, 1.54) is 0 Å². The van der Waals surface area contributed by atoms with Gasteiger partial charge in [0.1, 0.15) is 0 Å². The lowest BCUT2D eigenvalue weighted by Crippen LogP contribution is -2.16. The fraction of sp³-hybridized carbons (Fsp3) is 0.364. The van der Waals surface area contributed by atoms with E-state index >= 15 is 0 Å². The summed E-state index contributed by atoms with van der Waals surface area (Å²) < 4.78 is 0. The molecule has 0 aliphatic heterocycles. The molecule has 0 aliphatic rings. The van der Waals surface area contributed by atoms with Gasteiger partial charge in [0.15, 0.2) is 0 Å². The minimum Gasteiger partial charge on any atom is -0.396 e. The Labute approximate surface area is 97.7 Å². The average molecular weight is 234 g/mol. The van der Waals surface area contributed by atoms with Crippen LogP contribution >= 0.6 is 0 Å². The van der Waals surface area contributed by atoms with Gasteiger partial charge in [-0.3, -0.25) is 5.10 Å². The number of aromatic nitrogens is 4. The molecule has 1 atom stereocenters. The summed E-state index contributed by atoms with van der Waals surface area (Å²) in [7, 11) is 0. The maximum Gasteiger partial charge on any atom is 0.345 e. The van der Waals surface area contributed by atoms with Crippen LogP contribution in [0.15, 0.2) is 23.1 Å². The first-order valence-electron chi connectivity index (χ1n) is 5.40. The first kappa shape index (κ1) is 11.5. The van der Waals surface area contributed by atoms with Crippen LogP contribution in [0.2, 0.25) is 0 Å². The number of aromatic amines is 2. The zero-order chi connectivity index (χ0) is 12.3. The van der Waals surface area contributed by atoms with Crippen molar-refractivity contribution in [3.8, 4) is 11.4 Å². The molecule has 3 N–H and O–H groups in total. The first-order chi connectivity index (χ1) is 8.19. The standard InChI is InChI=1S/C11H14N4O2/c1-7(6-16)4-8-5-10(14-11(17)13-8)9-2-3-12-15-9/h2-3,5,7,16H,4,6H2,1H3,(H,12,15)(H,13,14,17)/t7-/m1/s1. The van der Waals surface area contributed by atoms with Crippen molar-refractivity contribution >= 4 is 0 Å². The summed E-state index contributed by atoms with van der Waals surface area (Å²) in [6, 6.07) is 3.54. The lowest BCUT2D eigenvalue weighted by Gasteiger charge is -2.07. The Hall–Kier alpha value is -1.95. The van der Waals surface area contributed by atoms with E-state index in [2.05, 4.69) is 20.2 Å². The van der Waals surface area contributed by atoms with Gasteiger partial charge < -0.3 is 10.1 Å². The van der Waals surface area contributed by atoms with Gasteiger partial charge in [-0.2, -0.15) is 10.1 Å². The van der Waals surface area contributed by atoms with Crippen molar-refractivity contribution in [3.05, 3.63) is 34.5 Å². The molecular formula is C11H14N4O2. The van der Waals surface area contributed by atoms with E-state index < -0.39 is 5.69 Å². The van der Waals surface area contributed by atoms with Gasteiger partial charge in [0.05, 0.1) is 11.4 Å². The lowest BCUT2D eigenvalue weighted by atomic mass is 10.1. The van der Waals surface area contributed by atoms with Gasteiger partial charge in [-0.05, 0) is 24.5 Å². The Balaban J connectivity index is 2.33. The molecule has 6 nitrogen and oxygen atoms in total. The number of aliphatic hydroxyl groups is 1. The fourth-order valence-electron chi connectivity index (χ4n) is 1.59. The highest BCUT2D eigenvalue weighted by Crippen LogP contribution is 2.13. The number of H-pyrrole nitrogens is 2. The van der Waals surface area contributed by atoms with Crippen LogP contribution in [0.5, 0.6) is 0 Å². The second-order valence-corrected chi connectivity index (χ2v) is 4.06. The molecule has 2 aromatic rings. The van der Waals surface area contributed by atoms with Crippen molar-refractivity contribution in [2.45, 2.75) is 13.3 Å². The molecule has 6 heteroatoms. The molecule has 0 unspecified atom stereocenters. The molecule has 2 aromatic heterocycles. The molecule has 0 saturated carbocycles. The largest absolute Gasteiger partial charge is 0.396 e. The Kier molecular flexibility index (Phi) is 3.34. The van der Waals surface area contributed by atoms with Gasteiger partial charge in [0, 0.05) is 18.5 Å². The van der Waals surface area contributed by atoms with Gasteiger partial charge in [0.25, 0.3) is 0 Å². The third-order valence-corrected chi connectivity index (χ3v) is 2.46. The van der Waals surface area contributed by atoms with Crippen molar-refractivity contribution in [1.29, 1.82) is 0 Å². The summed E-state index contributed by atoms with van der Waals surface area (Å²) in [5.74, 6) is 0.0997. The highest BCUT2D eigenvalue weighted by molar-refractivity contribution is 5.52. The molecule has 0 saturated heterocycles. The Morgan fingerprint density at radius 3 is 3.00 bits per heavy atom. The number of nitrogens with one attached hydrogen (secondary N) is 2. The van der Waals surface area contributed by atoms with Gasteiger partial charge in [0.2, 0.25) is 0 Å². The molecule has 0 aliphatic carbocycles. The van der Waals surface area contributed by atoms with Crippen LogP contribution < -0.4 is 5.69 Å². The van der Waals surface area contributed by atoms with E-state index in [9.17, 15) is 4.79 Å². The molecular weight excluding hydrogens is 220 g/mol. The van der Waals surface area contributed by atoms with Gasteiger partial charge >= 0.3 is 5.69 Å². The second kappa shape index (κ2) is 4.92. The van der Waals surface area contributed by atoms with Crippen molar-refractivity contribution in [1.82, 2.24) is 20.2 Å². The molecule has 0 fully saturated rings. The highest BCUT2D eigenvalue weighted by atomic mass is 16.3. The maximum atomic E-state index is 11.4. The molecule has 0 amide bonds. The Bertz CT molecular complexity index is 533. The van der Waals surface area contributed by atoms with E-state index in [-0.39, 0.29) is 12.5 Å². The predicted molar refractivity (Wildman–Crippen MR) is 62.4 cm³/mol. The molecule has 2 heterocycles. The number of hydrogen-bond acceptors (Lipinski definition) is 4. The van der Waals surface area contributed by atoms with Crippen LogP contribution in [0.3, 0.4) is 0 Å². The van der Waals surface area contributed by atoms with E-state index in [4.69, 9.17) is 5.11 Å². The molecule has 2 rings (SSSR count). The van der Waals surface area contributed by atoms with Crippen LogP contribution in [-0.2, 0) is 6.42 Å². The van der Waals surface area contributed by atoms with Gasteiger partial charge in [-0.15, -0.1) is 0 Å². The summed E-state index contributed by atoms with van der Waals surface area (Å²) in [5, 5.41) is 15.6. The van der Waals surface area contributed by atoms with Gasteiger partial charge in [-0.1, -0.05) is 6.92 Å². The quantitative estimate of drug-likeness (QED) is 0.710. The topological polar surface area (TPSA) is 94.7 Å². The van der Waals surface area contributed by atoms with Crippen LogP contribution in [0.4, 0.5) is 0 Å². The van der Waals surface area contributed by atoms with E-state index in [1.54, 1.807) is 18.3 Å². The number of aliphatic hydroxyl groups excluding tert-OH is 1. The SMILES string of the molecule is C[C@@H](CO)Cc1cc(-c2ccn[nH]2)nc(=O)[nH]1. The molecule has 0 radical (unpaired) electrons. The van der Waals surface area contributed by atoms with Crippen LogP contribution in [0.1, 0.15) is 12.6 Å². The normalized spacial score (nSPS) is 12.6. The zero-order valence-corrected chi connectivity index (χ0v) is 9.47. The van der Waals surface area contributed by atoms with Crippen molar-refractivity contribution < 1.29 is 5.11 Å². The van der Waals surface area contributed by atoms with Crippen LogP contribution in [0, 0.1) is 5.92 Å². The molecule has 17 heavy (non-hydrogen) atoms. The van der Waals surface area contributed by atoms with Crippen molar-refractivity contribution in [3.63, 3.8) is 0 Å². The maximum absolute atomic E-state index is 11.4. The summed E-state index contributed by atoms with van der Waals surface area (Å²) in [6.07, 6.45) is 2.21. The Morgan fingerprint density at radius 2 is 2.35 bits per heavy atom. The minimum absolute atomic E-state index is 0.0870. The molecule has 0 spiro atoms. The Morgan fingerprint density at radius 1 is 1.53 bits per heavy atom. The predicted octanol–water partition coefficient (Wildman–Crippen LogP) is 0.331. The fourth-order valence-corrected chi connectivity index (χ4v) is 1.59. The molecule has 90 valence electrons. The molecule has 0 aromatic carbocycles. The molecule has 0 bridgehead atoms. The van der Waals surface area contributed by atoms with Crippen molar-refractivity contribution in [2.75, 3.05) is 6.61 Å². The summed E-state index contributed by atoms with van der Waals surface area (Å²) in [6.45, 7) is 2.00. The minimum atomic E-state index is -0.391. The third-order valence-electron chi connectivity index (χ3n) is 2.46. The van der Waals surface area contributed by atoms with Crippen LogP contribution in [-0.4, -0.2) is 31.9 Å². The van der Waals surface area contributed by atoms with E-state index in [0.29, 0.717) is 17.8 Å². The summed E-state index contributed by atoms with van der Waals surface area (Å²) in [5.41, 5.74) is 1.63. The first-order valence-corrected chi connectivity index (χ1v) is 5.40. The third kappa shape index (κ3) is 2.79. The zero-order valence-electron chi connectivity index (χ0n) is 9.47. The number of nitrogens with zero attached hydrogens (tertiary/aromatic N) is 2. The summed E-state index contributed by atoms with van der Waals surface area (Å²) in [4.78, 5) is 17.9. The number of rotatable bonds is 4.